The van der Waals surface area contributed by atoms with Crippen molar-refractivity contribution in [1.82, 2.24) is 34.7 Å². The van der Waals surface area contributed by atoms with Gasteiger partial charge in [-0.15, -0.1) is 10.2 Å². The number of nitrogens with zero attached hydrogens (tertiary/aromatic N) is 8. The maximum Gasteiger partial charge on any atom is 0.410 e. The van der Waals surface area contributed by atoms with Gasteiger partial charge >= 0.3 is 6.09 Å². The number of aromatic nitrogens is 6. The Bertz CT molecular complexity index is 1450. The molecule has 1 aliphatic rings. The minimum atomic E-state index is -0.534. The van der Waals surface area contributed by atoms with Crippen LogP contribution in [0.15, 0.2) is 36.8 Å². The molecule has 4 heterocycles. The maximum atomic E-state index is 13.2. The summed E-state index contributed by atoms with van der Waals surface area (Å²) in [5.74, 6) is -0.209. The first kappa shape index (κ1) is 23.4. The van der Waals surface area contributed by atoms with Gasteiger partial charge < -0.3 is 14.5 Å². The molecule has 1 fully saturated rings. The fraction of sp³-hybridized carbons (Fsp3) is 0.375. The lowest BCUT2D eigenvalue weighted by molar-refractivity contribution is 0.0240. The number of aryl methyl sites for hydroxylation is 1. The molecule has 2 amide bonds. The molecule has 1 saturated heterocycles. The van der Waals surface area contributed by atoms with Crippen LogP contribution in [0, 0.1) is 6.92 Å². The molecule has 1 aromatic carbocycles. The Balaban J connectivity index is 1.36. The zero-order valence-electron chi connectivity index (χ0n) is 20.6. The van der Waals surface area contributed by atoms with Gasteiger partial charge in [0.05, 0.1) is 17.5 Å². The Kier molecular flexibility index (Phi) is 5.86. The van der Waals surface area contributed by atoms with Crippen molar-refractivity contribution < 1.29 is 14.3 Å². The van der Waals surface area contributed by atoms with Crippen molar-refractivity contribution in [2.45, 2.75) is 33.3 Å². The van der Waals surface area contributed by atoms with E-state index < -0.39 is 5.60 Å². The summed E-state index contributed by atoms with van der Waals surface area (Å²) in [4.78, 5) is 38.0. The number of piperazine rings is 1. The predicted octanol–water partition coefficient (Wildman–Crippen LogP) is 2.69. The Morgan fingerprint density at radius 3 is 2.56 bits per heavy atom. The molecule has 36 heavy (non-hydrogen) atoms. The van der Waals surface area contributed by atoms with Crippen LogP contribution in [-0.4, -0.2) is 78.5 Å². The number of hydrogen-bond donors (Lipinski definition) is 1. The van der Waals surface area contributed by atoms with Gasteiger partial charge in [0, 0.05) is 49.6 Å². The van der Waals surface area contributed by atoms with Gasteiger partial charge in [-0.25, -0.2) is 9.31 Å². The molecule has 0 bridgehead atoms. The summed E-state index contributed by atoms with van der Waals surface area (Å²) < 4.78 is 7.06. The second kappa shape index (κ2) is 9.02. The van der Waals surface area contributed by atoms with Gasteiger partial charge in [0.25, 0.3) is 5.91 Å². The number of fused-ring (bicyclic) bond motifs is 2. The van der Waals surface area contributed by atoms with Gasteiger partial charge in [0.15, 0.2) is 5.65 Å². The van der Waals surface area contributed by atoms with Gasteiger partial charge in [-0.2, -0.15) is 10.1 Å². The van der Waals surface area contributed by atoms with E-state index >= 15 is 0 Å². The van der Waals surface area contributed by atoms with Crippen LogP contribution in [-0.2, 0) is 4.74 Å². The lowest BCUT2D eigenvalue weighted by Crippen LogP contribution is -2.50. The van der Waals surface area contributed by atoms with E-state index in [1.165, 1.54) is 0 Å². The monoisotopic (exact) mass is 489 g/mol. The number of ether oxygens (including phenoxy) is 1. The number of carbonyl (C=O) groups excluding carboxylic acids is 2. The molecule has 0 aliphatic carbocycles. The molecular weight excluding hydrogens is 462 g/mol. The highest BCUT2D eigenvalue weighted by Gasteiger charge is 2.27. The zero-order chi connectivity index (χ0) is 25.4. The molecule has 0 unspecified atom stereocenters. The van der Waals surface area contributed by atoms with Gasteiger partial charge in [-0.05, 0) is 45.9 Å². The highest BCUT2D eigenvalue weighted by molar-refractivity contribution is 6.13. The average Bonchev–Trinajstić information content (AvgIpc) is 3.26. The minimum absolute atomic E-state index is 0.176. The third-order valence-corrected chi connectivity index (χ3v) is 5.83. The third-order valence-electron chi connectivity index (χ3n) is 5.83. The lowest BCUT2D eigenvalue weighted by atomic mass is 10.1. The highest BCUT2D eigenvalue weighted by atomic mass is 16.6. The van der Waals surface area contributed by atoms with E-state index in [-0.39, 0.29) is 17.9 Å². The lowest BCUT2D eigenvalue weighted by Gasteiger charge is -2.37. The van der Waals surface area contributed by atoms with Crippen LogP contribution in [0.4, 0.5) is 16.4 Å². The summed E-state index contributed by atoms with van der Waals surface area (Å²) in [6.07, 6.45) is 4.58. The van der Waals surface area contributed by atoms with Crippen molar-refractivity contribution in [2.75, 3.05) is 36.4 Å². The molecule has 0 saturated carbocycles. The Labute approximate surface area is 207 Å². The van der Waals surface area contributed by atoms with E-state index in [4.69, 9.17) is 4.74 Å². The van der Waals surface area contributed by atoms with Crippen LogP contribution in [0.2, 0.25) is 0 Å². The predicted molar refractivity (Wildman–Crippen MR) is 133 cm³/mol. The summed E-state index contributed by atoms with van der Waals surface area (Å²) in [6.45, 7) is 9.71. The average molecular weight is 490 g/mol. The van der Waals surface area contributed by atoms with E-state index in [1.807, 2.05) is 39.8 Å². The van der Waals surface area contributed by atoms with Crippen molar-refractivity contribution >= 4 is 40.2 Å². The minimum Gasteiger partial charge on any atom is -0.444 e. The van der Waals surface area contributed by atoms with Crippen LogP contribution in [0.5, 0.6) is 0 Å². The molecular formula is C24H27N9O3. The second-order valence-electron chi connectivity index (χ2n) is 9.55. The van der Waals surface area contributed by atoms with Crippen molar-refractivity contribution in [3.05, 3.63) is 48.0 Å². The molecule has 4 aromatic rings. The van der Waals surface area contributed by atoms with Gasteiger partial charge in [-0.3, -0.25) is 15.1 Å². The summed E-state index contributed by atoms with van der Waals surface area (Å²) in [7, 11) is 0. The Hall–Kier alpha value is -4.35. The van der Waals surface area contributed by atoms with E-state index in [9.17, 15) is 9.59 Å². The zero-order valence-corrected chi connectivity index (χ0v) is 20.6. The van der Waals surface area contributed by atoms with Crippen LogP contribution >= 0.6 is 0 Å². The molecule has 12 heteroatoms. The molecule has 0 radical (unpaired) electrons. The maximum absolute atomic E-state index is 13.2. The van der Waals surface area contributed by atoms with Gasteiger partial charge in [0.2, 0.25) is 5.95 Å². The summed E-state index contributed by atoms with van der Waals surface area (Å²) in [5.41, 5.74) is 2.50. The molecule has 186 valence electrons. The molecule has 3 aromatic heterocycles. The third kappa shape index (κ3) is 4.61. The first-order valence-corrected chi connectivity index (χ1v) is 11.7. The molecule has 0 spiro atoms. The van der Waals surface area contributed by atoms with Crippen molar-refractivity contribution in [1.29, 1.82) is 0 Å². The standard InChI is InChI=1S/C24H27N9O3/c1-15-20-27-22(30-33(20)10-9-25-15)28-21(34)17-5-6-18(16-7-8-26-29-19(16)17)31-11-13-32(14-12-31)23(35)36-24(2,3)4/h5-10H,11-14H2,1-4H3,(H,28,30,34). The molecule has 1 N–H and O–H groups in total. The number of anilines is 2. The van der Waals surface area contributed by atoms with Crippen LogP contribution in [0.3, 0.4) is 0 Å². The topological polar surface area (TPSA) is 131 Å². The molecule has 1 aliphatic heterocycles. The smallest absolute Gasteiger partial charge is 0.410 e. The Morgan fingerprint density at radius 1 is 1.06 bits per heavy atom. The van der Waals surface area contributed by atoms with E-state index in [0.29, 0.717) is 48.6 Å². The molecule has 5 rings (SSSR count). The van der Waals surface area contributed by atoms with Crippen LogP contribution in [0.25, 0.3) is 16.6 Å². The fourth-order valence-electron chi connectivity index (χ4n) is 4.15. The summed E-state index contributed by atoms with van der Waals surface area (Å²) in [5, 5.41) is 16.1. The van der Waals surface area contributed by atoms with Crippen molar-refractivity contribution in [3.63, 3.8) is 0 Å². The number of hydrogen-bond acceptors (Lipinski definition) is 9. The number of benzene rings is 1. The van der Waals surface area contributed by atoms with E-state index in [2.05, 4.69) is 35.5 Å². The van der Waals surface area contributed by atoms with Crippen molar-refractivity contribution in [3.8, 4) is 0 Å². The largest absolute Gasteiger partial charge is 0.444 e. The number of carbonyl (C=O) groups is 2. The van der Waals surface area contributed by atoms with Crippen LogP contribution in [0.1, 0.15) is 36.8 Å². The number of nitrogens with one attached hydrogen (secondary N) is 1. The second-order valence-corrected chi connectivity index (χ2v) is 9.55. The summed E-state index contributed by atoms with van der Waals surface area (Å²) in [6, 6.07) is 5.46. The molecule has 12 nitrogen and oxygen atoms in total. The van der Waals surface area contributed by atoms with Crippen molar-refractivity contribution in [2.24, 2.45) is 0 Å². The fourth-order valence-corrected chi connectivity index (χ4v) is 4.15. The highest BCUT2D eigenvalue weighted by Crippen LogP contribution is 2.29. The summed E-state index contributed by atoms with van der Waals surface area (Å²) >= 11 is 0. The van der Waals surface area contributed by atoms with Gasteiger partial charge in [-0.1, -0.05) is 0 Å². The SMILES string of the molecule is Cc1nccn2nc(NC(=O)c3ccc(N4CCN(C(=O)OC(C)(C)C)CC4)c4ccnnc34)nc12. The number of amides is 2. The van der Waals surface area contributed by atoms with Gasteiger partial charge in [0.1, 0.15) is 11.1 Å². The molecule has 0 atom stereocenters. The van der Waals surface area contributed by atoms with Crippen LogP contribution < -0.4 is 10.2 Å². The van der Waals surface area contributed by atoms with E-state index in [1.54, 1.807) is 34.1 Å². The Morgan fingerprint density at radius 2 is 1.83 bits per heavy atom. The quantitative estimate of drug-likeness (QED) is 0.461. The normalized spacial score (nSPS) is 14.3. The first-order valence-electron chi connectivity index (χ1n) is 11.7. The first-order chi connectivity index (χ1) is 17.2. The van der Waals surface area contributed by atoms with E-state index in [0.717, 1.165) is 11.1 Å². The number of rotatable bonds is 3.